The molecule has 4 nitrogen and oxygen atoms in total. The van der Waals surface area contributed by atoms with Crippen molar-refractivity contribution in [2.75, 3.05) is 11.5 Å². The lowest BCUT2D eigenvalue weighted by Gasteiger charge is -2.34. The Morgan fingerprint density at radius 2 is 1.44 bits per heavy atom. The van der Waals surface area contributed by atoms with E-state index in [-0.39, 0.29) is 6.42 Å². The van der Waals surface area contributed by atoms with Crippen molar-refractivity contribution < 1.29 is 19.8 Å². The molecule has 0 saturated carbocycles. The van der Waals surface area contributed by atoms with Crippen LogP contribution in [0.2, 0.25) is 0 Å². The molecule has 0 N–H and O–H groups in total. The number of carbonyl (C=O) groups excluding carboxylic acids is 2. The number of hydrogen-bond acceptors (Lipinski definition) is 6. The second-order valence-corrected chi connectivity index (χ2v) is 5.34. The maximum atomic E-state index is 11.3. The van der Waals surface area contributed by atoms with Crippen molar-refractivity contribution >= 4 is 37.2 Å². The highest BCUT2D eigenvalue weighted by molar-refractivity contribution is 7.80. The van der Waals surface area contributed by atoms with Gasteiger partial charge >= 0.3 is 0 Å². The Bertz CT molecular complexity index is 263. The summed E-state index contributed by atoms with van der Waals surface area (Å²) < 4.78 is 0. The Balaban J connectivity index is 4.22. The summed E-state index contributed by atoms with van der Waals surface area (Å²) in [6.07, 6.45) is 3.30. The highest BCUT2D eigenvalue weighted by Gasteiger charge is 2.29. The fraction of sp³-hybridized carbons (Fsp3) is 0.833. The van der Waals surface area contributed by atoms with Crippen LogP contribution in [0.3, 0.4) is 0 Å². The first kappa shape index (κ1) is 17.6. The van der Waals surface area contributed by atoms with Crippen molar-refractivity contribution in [3.63, 3.8) is 0 Å². The molecular formula is C12H20O4S2-2. The van der Waals surface area contributed by atoms with Gasteiger partial charge in [-0.25, -0.2) is 0 Å². The van der Waals surface area contributed by atoms with Gasteiger partial charge in [0.2, 0.25) is 0 Å². The first-order valence-corrected chi connectivity index (χ1v) is 7.38. The van der Waals surface area contributed by atoms with Gasteiger partial charge in [0.15, 0.2) is 0 Å². The van der Waals surface area contributed by atoms with Crippen molar-refractivity contribution in [1.29, 1.82) is 0 Å². The zero-order valence-electron chi connectivity index (χ0n) is 10.4. The van der Waals surface area contributed by atoms with Crippen molar-refractivity contribution in [2.45, 2.75) is 44.9 Å². The van der Waals surface area contributed by atoms with E-state index in [0.717, 1.165) is 0 Å². The van der Waals surface area contributed by atoms with Crippen molar-refractivity contribution in [2.24, 2.45) is 5.41 Å². The molecule has 0 aromatic carbocycles. The Morgan fingerprint density at radius 3 is 1.83 bits per heavy atom. The van der Waals surface area contributed by atoms with Crippen LogP contribution < -0.4 is 10.2 Å². The molecule has 106 valence electrons. The zero-order valence-corrected chi connectivity index (χ0v) is 12.2. The summed E-state index contributed by atoms with van der Waals surface area (Å²) in [6, 6.07) is 0. The minimum atomic E-state index is -1.06. The van der Waals surface area contributed by atoms with E-state index in [1.165, 1.54) is 0 Å². The number of rotatable bonds is 11. The Morgan fingerprint density at radius 1 is 0.889 bits per heavy atom. The molecule has 0 atom stereocenters. The molecule has 0 aromatic heterocycles. The number of unbranched alkanes of at least 4 members (excludes halogenated alkanes) is 2. The average molecular weight is 292 g/mol. The molecule has 0 aliphatic heterocycles. The molecule has 0 aromatic rings. The topological polar surface area (TPSA) is 80.3 Å². The first-order valence-electron chi connectivity index (χ1n) is 6.11. The van der Waals surface area contributed by atoms with Crippen molar-refractivity contribution in [3.8, 4) is 0 Å². The van der Waals surface area contributed by atoms with Gasteiger partial charge < -0.3 is 19.8 Å². The molecule has 0 spiro atoms. The molecule has 18 heavy (non-hydrogen) atoms. The molecule has 0 saturated heterocycles. The number of hydrogen-bond donors (Lipinski definition) is 2. The van der Waals surface area contributed by atoms with Crippen LogP contribution in [-0.2, 0) is 9.59 Å². The molecule has 0 aliphatic rings. The van der Waals surface area contributed by atoms with Gasteiger partial charge in [0.25, 0.3) is 0 Å². The zero-order chi connectivity index (χ0) is 14.0. The molecule has 0 bridgehead atoms. The molecule has 0 radical (unpaired) electrons. The van der Waals surface area contributed by atoms with E-state index in [4.69, 9.17) is 0 Å². The van der Waals surface area contributed by atoms with Gasteiger partial charge in [-0.2, -0.15) is 25.3 Å². The van der Waals surface area contributed by atoms with Crippen LogP contribution in [0.25, 0.3) is 0 Å². The molecule has 0 rings (SSSR count). The van der Waals surface area contributed by atoms with E-state index in [0.29, 0.717) is 50.0 Å². The molecular weight excluding hydrogens is 272 g/mol. The summed E-state index contributed by atoms with van der Waals surface area (Å²) in [5.74, 6) is -1.14. The van der Waals surface area contributed by atoms with Crippen LogP contribution in [0.15, 0.2) is 0 Å². The predicted octanol–water partition coefficient (Wildman–Crippen LogP) is 0.0629. The van der Waals surface area contributed by atoms with Crippen LogP contribution >= 0.6 is 25.3 Å². The fourth-order valence-corrected chi connectivity index (χ4v) is 2.87. The molecule has 0 fully saturated rings. The van der Waals surface area contributed by atoms with Crippen LogP contribution in [0.5, 0.6) is 0 Å². The minimum absolute atomic E-state index is 0.0253. The summed E-state index contributed by atoms with van der Waals surface area (Å²) in [6.45, 7) is 0. The molecule has 0 heterocycles. The quantitative estimate of drug-likeness (QED) is 0.417. The fourth-order valence-electron chi connectivity index (χ4n) is 2.02. The van der Waals surface area contributed by atoms with Crippen molar-refractivity contribution in [3.05, 3.63) is 0 Å². The Kier molecular flexibility index (Phi) is 9.36. The summed E-state index contributed by atoms with van der Waals surface area (Å²) in [7, 11) is 0. The molecule has 0 unspecified atom stereocenters. The van der Waals surface area contributed by atoms with Gasteiger partial charge in [-0.1, -0.05) is 12.8 Å². The lowest BCUT2D eigenvalue weighted by Crippen LogP contribution is -2.43. The van der Waals surface area contributed by atoms with E-state index in [1.807, 2.05) is 0 Å². The van der Waals surface area contributed by atoms with E-state index in [1.54, 1.807) is 0 Å². The molecule has 0 amide bonds. The van der Waals surface area contributed by atoms with E-state index in [2.05, 4.69) is 25.3 Å². The van der Waals surface area contributed by atoms with E-state index < -0.39 is 17.4 Å². The predicted molar refractivity (Wildman–Crippen MR) is 72.5 cm³/mol. The molecule has 0 aliphatic carbocycles. The minimum Gasteiger partial charge on any atom is -0.550 e. The van der Waals surface area contributed by atoms with Crippen LogP contribution in [0.4, 0.5) is 0 Å². The number of carboxylic acids is 2. The van der Waals surface area contributed by atoms with Crippen LogP contribution in [0.1, 0.15) is 44.9 Å². The van der Waals surface area contributed by atoms with Crippen LogP contribution in [0, 0.1) is 5.41 Å². The van der Waals surface area contributed by atoms with E-state index in [9.17, 15) is 19.8 Å². The lowest BCUT2D eigenvalue weighted by molar-refractivity contribution is -0.320. The van der Waals surface area contributed by atoms with E-state index >= 15 is 0 Å². The van der Waals surface area contributed by atoms with Gasteiger partial charge in [0.05, 0.1) is 0 Å². The average Bonchev–Trinajstić information content (AvgIpc) is 2.28. The van der Waals surface area contributed by atoms with Gasteiger partial charge in [-0.3, -0.25) is 0 Å². The summed E-state index contributed by atoms with van der Waals surface area (Å²) in [4.78, 5) is 21.5. The number of thiol groups is 2. The second kappa shape index (κ2) is 9.55. The third kappa shape index (κ3) is 6.54. The third-order valence-electron chi connectivity index (χ3n) is 3.15. The number of carboxylic acid groups (broad SMARTS) is 2. The van der Waals surface area contributed by atoms with Gasteiger partial charge in [0, 0.05) is 17.4 Å². The van der Waals surface area contributed by atoms with Crippen LogP contribution in [-0.4, -0.2) is 23.4 Å². The third-order valence-corrected chi connectivity index (χ3v) is 3.60. The monoisotopic (exact) mass is 292 g/mol. The number of carbonyl (C=O) groups is 2. The standard InChI is InChI=1S/C12H22O4S2/c13-10(14)4-2-1-3-5-12(6-8-17,7-9-18)11(15)16/h17-18H,1-9H2,(H,13,14)(H,15,16)/p-2. The summed E-state index contributed by atoms with van der Waals surface area (Å²) >= 11 is 8.18. The van der Waals surface area contributed by atoms with Gasteiger partial charge in [-0.15, -0.1) is 0 Å². The van der Waals surface area contributed by atoms with Gasteiger partial charge in [-0.05, 0) is 43.6 Å². The maximum Gasteiger partial charge on any atom is 0.0476 e. The largest absolute Gasteiger partial charge is 0.550 e. The Labute approximate surface area is 119 Å². The SMILES string of the molecule is O=C([O-])CCCCCC(CCS)(CCS)C(=O)[O-]. The molecule has 6 heteroatoms. The summed E-state index contributed by atoms with van der Waals surface area (Å²) in [5, 5.41) is 21.5. The Hall–Kier alpha value is -0.360. The first-order chi connectivity index (χ1) is 8.48. The highest BCUT2D eigenvalue weighted by Crippen LogP contribution is 2.33. The normalized spacial score (nSPS) is 11.4. The lowest BCUT2D eigenvalue weighted by atomic mass is 9.77. The summed E-state index contributed by atoms with van der Waals surface area (Å²) in [5.41, 5.74) is -0.870. The van der Waals surface area contributed by atoms with Crippen molar-refractivity contribution in [1.82, 2.24) is 0 Å². The van der Waals surface area contributed by atoms with Gasteiger partial charge in [0.1, 0.15) is 0 Å². The smallest absolute Gasteiger partial charge is 0.0476 e. The highest BCUT2D eigenvalue weighted by atomic mass is 32.1. The number of aliphatic carboxylic acids is 2. The maximum absolute atomic E-state index is 11.3. The second-order valence-electron chi connectivity index (χ2n) is 4.45.